The number of methoxy groups -OCH3 is 2. The highest BCUT2D eigenvalue weighted by atomic mass is 16.7. The molecule has 1 saturated heterocycles. The Labute approximate surface area is 148 Å². The Morgan fingerprint density at radius 2 is 1.92 bits per heavy atom. The van der Waals surface area contributed by atoms with Crippen molar-refractivity contribution in [2.45, 2.75) is 26.1 Å². The number of carbonyl (C=O) groups is 1. The van der Waals surface area contributed by atoms with Gasteiger partial charge in [-0.1, -0.05) is 0 Å². The molecule has 0 spiro atoms. The van der Waals surface area contributed by atoms with Gasteiger partial charge in [0, 0.05) is 46.2 Å². The standard InChI is InChI=1S/C17H28N4O4/c1-4-25-16(22)14-10-19-17(20-11-14)21-7-5-13(6-8-21)9-18-12-15(23-2)24-3/h10-11,13,15,18H,4-9,12H2,1-3H3. The van der Waals surface area contributed by atoms with E-state index in [2.05, 4.69) is 20.2 Å². The first-order valence-electron chi connectivity index (χ1n) is 8.68. The number of nitrogens with one attached hydrogen (secondary N) is 1. The van der Waals surface area contributed by atoms with E-state index >= 15 is 0 Å². The van der Waals surface area contributed by atoms with Crippen molar-refractivity contribution in [1.29, 1.82) is 0 Å². The molecule has 0 unspecified atom stereocenters. The molecule has 1 fully saturated rings. The number of anilines is 1. The molecule has 0 amide bonds. The molecule has 2 rings (SSSR count). The number of esters is 1. The predicted octanol–water partition coefficient (Wildman–Crippen LogP) is 1.08. The summed E-state index contributed by atoms with van der Waals surface area (Å²) in [4.78, 5) is 22.4. The normalized spacial score (nSPS) is 15.6. The maximum Gasteiger partial charge on any atom is 0.341 e. The van der Waals surface area contributed by atoms with Gasteiger partial charge in [0.25, 0.3) is 0 Å². The summed E-state index contributed by atoms with van der Waals surface area (Å²) in [6.07, 6.45) is 5.00. The summed E-state index contributed by atoms with van der Waals surface area (Å²) in [5.41, 5.74) is 0.385. The van der Waals surface area contributed by atoms with Gasteiger partial charge in [-0.05, 0) is 32.2 Å². The minimum Gasteiger partial charge on any atom is -0.462 e. The second kappa shape index (κ2) is 10.3. The molecule has 0 aliphatic carbocycles. The number of nitrogens with zero attached hydrogens (tertiary/aromatic N) is 3. The maximum atomic E-state index is 11.6. The van der Waals surface area contributed by atoms with Crippen LogP contribution in [0.2, 0.25) is 0 Å². The number of piperidine rings is 1. The Balaban J connectivity index is 1.75. The molecule has 140 valence electrons. The fourth-order valence-corrected chi connectivity index (χ4v) is 2.81. The summed E-state index contributed by atoms with van der Waals surface area (Å²) >= 11 is 0. The van der Waals surface area contributed by atoms with Gasteiger partial charge in [-0.2, -0.15) is 0 Å². The number of rotatable bonds is 9. The third-order valence-corrected chi connectivity index (χ3v) is 4.32. The van der Waals surface area contributed by atoms with Crippen molar-refractivity contribution in [2.75, 3.05) is 51.9 Å². The average Bonchev–Trinajstić information content (AvgIpc) is 2.66. The van der Waals surface area contributed by atoms with Gasteiger partial charge in [-0.3, -0.25) is 0 Å². The fraction of sp³-hybridized carbons (Fsp3) is 0.706. The number of carbonyl (C=O) groups excluding carboxylic acids is 1. The van der Waals surface area contributed by atoms with Gasteiger partial charge in [0.05, 0.1) is 12.2 Å². The largest absolute Gasteiger partial charge is 0.462 e. The van der Waals surface area contributed by atoms with Gasteiger partial charge in [-0.25, -0.2) is 14.8 Å². The summed E-state index contributed by atoms with van der Waals surface area (Å²) in [5, 5.41) is 3.39. The molecule has 0 aromatic carbocycles. The molecule has 8 heteroatoms. The zero-order chi connectivity index (χ0) is 18.1. The van der Waals surface area contributed by atoms with Crippen LogP contribution in [0, 0.1) is 5.92 Å². The van der Waals surface area contributed by atoms with E-state index in [1.807, 2.05) is 0 Å². The van der Waals surface area contributed by atoms with Crippen molar-refractivity contribution < 1.29 is 19.0 Å². The van der Waals surface area contributed by atoms with Gasteiger partial charge in [0.15, 0.2) is 6.29 Å². The molecule has 1 aliphatic rings. The van der Waals surface area contributed by atoms with Crippen LogP contribution in [0.25, 0.3) is 0 Å². The monoisotopic (exact) mass is 352 g/mol. The second-order valence-corrected chi connectivity index (χ2v) is 5.98. The summed E-state index contributed by atoms with van der Waals surface area (Å²) < 4.78 is 15.3. The van der Waals surface area contributed by atoms with Crippen molar-refractivity contribution in [1.82, 2.24) is 15.3 Å². The van der Waals surface area contributed by atoms with Crippen molar-refractivity contribution in [3.05, 3.63) is 18.0 Å². The molecule has 8 nitrogen and oxygen atoms in total. The van der Waals surface area contributed by atoms with Gasteiger partial charge < -0.3 is 24.4 Å². The molecule has 2 heterocycles. The van der Waals surface area contributed by atoms with Crippen LogP contribution in [0.1, 0.15) is 30.1 Å². The number of ether oxygens (including phenoxy) is 3. The Bertz CT molecular complexity index is 514. The van der Waals surface area contributed by atoms with E-state index in [-0.39, 0.29) is 12.3 Å². The van der Waals surface area contributed by atoms with Crippen molar-refractivity contribution >= 4 is 11.9 Å². The Kier molecular flexibility index (Phi) is 8.03. The number of hydrogen-bond acceptors (Lipinski definition) is 8. The first kappa shape index (κ1) is 19.6. The van der Waals surface area contributed by atoms with Crippen LogP contribution >= 0.6 is 0 Å². The highest BCUT2D eigenvalue weighted by Crippen LogP contribution is 2.20. The van der Waals surface area contributed by atoms with E-state index in [1.165, 1.54) is 12.4 Å². The average molecular weight is 352 g/mol. The third kappa shape index (κ3) is 5.91. The molecule has 0 atom stereocenters. The van der Waals surface area contributed by atoms with Crippen LogP contribution in [0.4, 0.5) is 5.95 Å². The molecule has 1 N–H and O–H groups in total. The molecule has 25 heavy (non-hydrogen) atoms. The summed E-state index contributed by atoms with van der Waals surface area (Å²) in [7, 11) is 3.28. The lowest BCUT2D eigenvalue weighted by Crippen LogP contribution is -2.40. The van der Waals surface area contributed by atoms with Gasteiger partial charge in [0.1, 0.15) is 0 Å². The Morgan fingerprint density at radius 1 is 1.28 bits per heavy atom. The summed E-state index contributed by atoms with van der Waals surface area (Å²) in [6, 6.07) is 0. The molecule has 0 bridgehead atoms. The number of hydrogen-bond donors (Lipinski definition) is 1. The minimum absolute atomic E-state index is 0.202. The van der Waals surface area contributed by atoms with Gasteiger partial charge >= 0.3 is 5.97 Å². The van der Waals surface area contributed by atoms with E-state index in [0.717, 1.165) is 32.5 Å². The first-order valence-corrected chi connectivity index (χ1v) is 8.68. The topological polar surface area (TPSA) is 85.8 Å². The van der Waals surface area contributed by atoms with E-state index in [1.54, 1.807) is 21.1 Å². The quantitative estimate of drug-likeness (QED) is 0.522. The van der Waals surface area contributed by atoms with Gasteiger partial charge in [0.2, 0.25) is 5.95 Å². The highest BCUT2D eigenvalue weighted by molar-refractivity contribution is 5.88. The Morgan fingerprint density at radius 3 is 2.48 bits per heavy atom. The van der Waals surface area contributed by atoms with E-state index in [4.69, 9.17) is 14.2 Å². The minimum atomic E-state index is -0.385. The van der Waals surface area contributed by atoms with Crippen molar-refractivity contribution in [3.63, 3.8) is 0 Å². The molecular weight excluding hydrogens is 324 g/mol. The molecule has 0 saturated carbocycles. The molecule has 1 aromatic heterocycles. The first-order chi connectivity index (χ1) is 12.2. The highest BCUT2D eigenvalue weighted by Gasteiger charge is 2.21. The smallest absolute Gasteiger partial charge is 0.341 e. The van der Waals surface area contributed by atoms with Crippen molar-refractivity contribution in [2.24, 2.45) is 5.92 Å². The summed E-state index contributed by atoms with van der Waals surface area (Å²) in [5.74, 6) is 0.895. The van der Waals surface area contributed by atoms with Crippen LogP contribution in [0.15, 0.2) is 12.4 Å². The van der Waals surface area contributed by atoms with Crippen LogP contribution in [-0.4, -0.2) is 69.2 Å². The zero-order valence-corrected chi connectivity index (χ0v) is 15.2. The van der Waals surface area contributed by atoms with Crippen molar-refractivity contribution in [3.8, 4) is 0 Å². The lowest BCUT2D eigenvalue weighted by atomic mass is 9.97. The molecule has 1 aliphatic heterocycles. The van der Waals surface area contributed by atoms with E-state index < -0.39 is 0 Å². The van der Waals surface area contributed by atoms with E-state index in [0.29, 0.717) is 30.6 Å². The predicted molar refractivity (Wildman–Crippen MR) is 93.6 cm³/mol. The van der Waals surface area contributed by atoms with Crippen LogP contribution in [0.5, 0.6) is 0 Å². The lowest BCUT2D eigenvalue weighted by Gasteiger charge is -2.32. The van der Waals surface area contributed by atoms with E-state index in [9.17, 15) is 4.79 Å². The lowest BCUT2D eigenvalue weighted by molar-refractivity contribution is -0.0990. The number of aromatic nitrogens is 2. The second-order valence-electron chi connectivity index (χ2n) is 5.98. The van der Waals surface area contributed by atoms with Crippen LogP contribution in [-0.2, 0) is 14.2 Å². The molecular formula is C17H28N4O4. The fourth-order valence-electron chi connectivity index (χ4n) is 2.81. The van der Waals surface area contributed by atoms with Crippen LogP contribution in [0.3, 0.4) is 0 Å². The molecule has 0 radical (unpaired) electrons. The third-order valence-electron chi connectivity index (χ3n) is 4.32. The van der Waals surface area contributed by atoms with Crippen LogP contribution < -0.4 is 10.2 Å². The molecule has 1 aromatic rings. The Hall–Kier alpha value is -1.77. The van der Waals surface area contributed by atoms with Gasteiger partial charge in [-0.15, -0.1) is 0 Å². The SMILES string of the molecule is CCOC(=O)c1cnc(N2CCC(CNCC(OC)OC)CC2)nc1. The zero-order valence-electron chi connectivity index (χ0n) is 15.2. The summed E-state index contributed by atoms with van der Waals surface area (Å²) in [6.45, 7) is 5.56. The maximum absolute atomic E-state index is 11.6.